The van der Waals surface area contributed by atoms with Crippen LogP contribution in [0.3, 0.4) is 0 Å². The number of nitrogens with one attached hydrogen (secondary N) is 1. The monoisotopic (exact) mass is 401 g/mol. The number of nitrogens with zero attached hydrogens (tertiary/aromatic N) is 4. The summed E-state index contributed by atoms with van der Waals surface area (Å²) in [6, 6.07) is -0.248. The average Bonchev–Trinajstić information content (AvgIpc) is 2.73. The number of hydrogen-bond donors (Lipinski definition) is 2. The number of carbonyl (C=O) groups excluding carboxylic acids is 1. The van der Waals surface area contributed by atoms with Crippen LogP contribution in [0.5, 0.6) is 5.88 Å². The highest BCUT2D eigenvalue weighted by Crippen LogP contribution is 2.33. The molecule has 2 fully saturated rings. The van der Waals surface area contributed by atoms with Gasteiger partial charge in [-0.3, -0.25) is 10.3 Å². The number of aromatic nitrogens is 3. The molecular formula is C20H27N5O4. The molecule has 2 amide bonds. The van der Waals surface area contributed by atoms with Gasteiger partial charge in [-0.2, -0.15) is 0 Å². The molecule has 29 heavy (non-hydrogen) atoms. The minimum Gasteiger partial charge on any atom is -0.479 e. The third kappa shape index (κ3) is 4.25. The zero-order valence-electron chi connectivity index (χ0n) is 16.8. The molecule has 2 aliphatic heterocycles. The highest BCUT2D eigenvalue weighted by molar-refractivity contribution is 5.90. The van der Waals surface area contributed by atoms with Gasteiger partial charge in [-0.1, -0.05) is 0 Å². The Hall–Kier alpha value is -2.52. The van der Waals surface area contributed by atoms with Crippen LogP contribution < -0.4 is 10.1 Å². The van der Waals surface area contributed by atoms with Crippen LogP contribution in [0, 0.1) is 0 Å². The summed E-state index contributed by atoms with van der Waals surface area (Å²) < 4.78 is 10.8. The fourth-order valence-electron chi connectivity index (χ4n) is 3.90. The van der Waals surface area contributed by atoms with E-state index in [-0.39, 0.29) is 6.03 Å². The Morgan fingerprint density at radius 3 is 2.66 bits per heavy atom. The molecule has 0 spiro atoms. The number of anilines is 1. The maximum atomic E-state index is 12.6. The van der Waals surface area contributed by atoms with Crippen molar-refractivity contribution >= 4 is 22.9 Å². The summed E-state index contributed by atoms with van der Waals surface area (Å²) in [5.41, 5.74) is 1.61. The molecule has 0 aliphatic carbocycles. The lowest BCUT2D eigenvalue weighted by atomic mass is 9.92. The lowest BCUT2D eigenvalue weighted by Gasteiger charge is -2.35. The second kappa shape index (κ2) is 8.08. The maximum absolute atomic E-state index is 12.6. The summed E-state index contributed by atoms with van der Waals surface area (Å²) in [4.78, 5) is 27.8. The van der Waals surface area contributed by atoms with Gasteiger partial charge < -0.3 is 19.5 Å². The summed E-state index contributed by atoms with van der Waals surface area (Å²) >= 11 is 0. The van der Waals surface area contributed by atoms with E-state index < -0.39 is 5.60 Å². The number of fused-ring (bicyclic) bond motifs is 1. The average molecular weight is 401 g/mol. The second-order valence-electron chi connectivity index (χ2n) is 7.98. The van der Waals surface area contributed by atoms with Crippen molar-refractivity contribution < 1.29 is 19.4 Å². The standard InChI is InChI=1S/C20H27N5O4/c1-20(27)5-7-25(8-6-20)19(26)24-15-12-21-16-14(13-3-9-29-10-4-13)11-22-18(28-2)17(16)23-15/h11-13,27H,3-10H2,1-2H3,(H,23,24,26). The number of methoxy groups -OCH3 is 1. The van der Waals surface area contributed by atoms with Crippen LogP contribution in [0.25, 0.3) is 11.0 Å². The van der Waals surface area contributed by atoms with Crippen molar-refractivity contribution in [3.63, 3.8) is 0 Å². The quantitative estimate of drug-likeness (QED) is 0.812. The first-order valence-corrected chi connectivity index (χ1v) is 10.0. The zero-order valence-corrected chi connectivity index (χ0v) is 16.8. The van der Waals surface area contributed by atoms with Crippen molar-refractivity contribution in [1.82, 2.24) is 19.9 Å². The molecule has 2 N–H and O–H groups in total. The van der Waals surface area contributed by atoms with E-state index in [2.05, 4.69) is 20.3 Å². The molecule has 2 aliphatic rings. The Labute approximate surface area is 169 Å². The van der Waals surface area contributed by atoms with Gasteiger partial charge in [0.25, 0.3) is 0 Å². The maximum Gasteiger partial charge on any atom is 0.323 e. The van der Waals surface area contributed by atoms with Crippen LogP contribution in [-0.4, -0.2) is 70.0 Å². The first kappa shape index (κ1) is 19.8. The number of hydrogen-bond acceptors (Lipinski definition) is 7. The molecule has 0 radical (unpaired) electrons. The van der Waals surface area contributed by atoms with Crippen molar-refractivity contribution in [1.29, 1.82) is 0 Å². The number of pyridine rings is 1. The lowest BCUT2D eigenvalue weighted by Crippen LogP contribution is -2.46. The van der Waals surface area contributed by atoms with Gasteiger partial charge in [0.1, 0.15) is 0 Å². The van der Waals surface area contributed by atoms with E-state index in [9.17, 15) is 9.90 Å². The molecular weight excluding hydrogens is 374 g/mol. The van der Waals surface area contributed by atoms with Crippen molar-refractivity contribution in [2.75, 3.05) is 38.7 Å². The first-order valence-electron chi connectivity index (χ1n) is 10.0. The van der Waals surface area contributed by atoms with Crippen molar-refractivity contribution in [3.05, 3.63) is 18.0 Å². The van der Waals surface area contributed by atoms with Gasteiger partial charge in [-0.15, -0.1) is 0 Å². The van der Waals surface area contributed by atoms with Gasteiger partial charge in [-0.05, 0) is 38.5 Å². The number of ether oxygens (including phenoxy) is 2. The van der Waals surface area contributed by atoms with E-state index in [4.69, 9.17) is 9.47 Å². The summed E-state index contributed by atoms with van der Waals surface area (Å²) in [6.45, 7) is 4.24. The minimum atomic E-state index is -0.709. The zero-order chi connectivity index (χ0) is 20.4. The highest BCUT2D eigenvalue weighted by Gasteiger charge is 2.30. The van der Waals surface area contributed by atoms with Gasteiger partial charge >= 0.3 is 6.03 Å². The summed E-state index contributed by atoms with van der Waals surface area (Å²) in [7, 11) is 1.54. The third-order valence-corrected chi connectivity index (χ3v) is 5.79. The molecule has 0 bridgehead atoms. The highest BCUT2D eigenvalue weighted by atomic mass is 16.5. The molecule has 0 unspecified atom stereocenters. The van der Waals surface area contributed by atoms with E-state index >= 15 is 0 Å². The molecule has 4 heterocycles. The summed E-state index contributed by atoms with van der Waals surface area (Å²) in [5.74, 6) is 1.05. The number of carbonyl (C=O) groups is 1. The molecule has 0 atom stereocenters. The minimum absolute atomic E-state index is 0.248. The van der Waals surface area contributed by atoms with Gasteiger partial charge in [0.05, 0.1) is 24.4 Å². The molecule has 0 aromatic carbocycles. The number of aliphatic hydroxyl groups is 1. The summed E-state index contributed by atoms with van der Waals surface area (Å²) in [5, 5.41) is 12.9. The van der Waals surface area contributed by atoms with Gasteiger partial charge in [0.2, 0.25) is 5.88 Å². The van der Waals surface area contributed by atoms with E-state index in [1.165, 1.54) is 0 Å². The molecule has 2 saturated heterocycles. The number of piperidine rings is 1. The van der Waals surface area contributed by atoms with Gasteiger partial charge in [0, 0.05) is 38.1 Å². The Bertz CT molecular complexity index is 888. The predicted molar refractivity (Wildman–Crippen MR) is 107 cm³/mol. The second-order valence-corrected chi connectivity index (χ2v) is 7.98. The Kier molecular flexibility index (Phi) is 5.51. The number of likely N-dealkylation sites (tertiary alicyclic amines) is 1. The van der Waals surface area contributed by atoms with E-state index in [0.29, 0.717) is 49.1 Å². The lowest BCUT2D eigenvalue weighted by molar-refractivity contribution is 0.00569. The van der Waals surface area contributed by atoms with Gasteiger partial charge in [0.15, 0.2) is 11.3 Å². The Balaban J connectivity index is 1.57. The molecule has 9 nitrogen and oxygen atoms in total. The van der Waals surface area contributed by atoms with Crippen LogP contribution in [0.15, 0.2) is 12.4 Å². The normalized spacial score (nSPS) is 19.9. The van der Waals surface area contributed by atoms with Crippen molar-refractivity contribution in [2.45, 2.75) is 44.1 Å². The topological polar surface area (TPSA) is 110 Å². The predicted octanol–water partition coefficient (Wildman–Crippen LogP) is 2.31. The van der Waals surface area contributed by atoms with Crippen LogP contribution in [0.1, 0.15) is 44.1 Å². The van der Waals surface area contributed by atoms with E-state index in [1.54, 1.807) is 25.1 Å². The molecule has 9 heteroatoms. The van der Waals surface area contributed by atoms with Crippen LogP contribution in [0.2, 0.25) is 0 Å². The van der Waals surface area contributed by atoms with E-state index in [0.717, 1.165) is 37.1 Å². The fraction of sp³-hybridized carbons (Fsp3) is 0.600. The van der Waals surface area contributed by atoms with Crippen molar-refractivity contribution in [2.24, 2.45) is 0 Å². The van der Waals surface area contributed by atoms with Crippen LogP contribution >= 0.6 is 0 Å². The molecule has 4 rings (SSSR count). The molecule has 2 aromatic heterocycles. The first-order chi connectivity index (χ1) is 14.0. The number of urea groups is 1. The number of amides is 2. The Morgan fingerprint density at radius 1 is 1.24 bits per heavy atom. The van der Waals surface area contributed by atoms with Crippen LogP contribution in [0.4, 0.5) is 10.6 Å². The number of rotatable bonds is 3. The van der Waals surface area contributed by atoms with E-state index in [1.807, 2.05) is 6.20 Å². The SMILES string of the molecule is COc1ncc(C2CCOCC2)c2ncc(NC(=O)N3CCC(C)(O)CC3)nc12. The Morgan fingerprint density at radius 2 is 1.97 bits per heavy atom. The summed E-state index contributed by atoms with van der Waals surface area (Å²) in [6.07, 6.45) is 6.32. The van der Waals surface area contributed by atoms with Crippen LogP contribution in [-0.2, 0) is 4.74 Å². The van der Waals surface area contributed by atoms with Gasteiger partial charge in [-0.25, -0.2) is 14.8 Å². The fourth-order valence-corrected chi connectivity index (χ4v) is 3.90. The molecule has 156 valence electrons. The molecule has 2 aromatic rings. The van der Waals surface area contributed by atoms with Crippen molar-refractivity contribution in [3.8, 4) is 5.88 Å². The smallest absolute Gasteiger partial charge is 0.323 e. The molecule has 0 saturated carbocycles. The third-order valence-electron chi connectivity index (χ3n) is 5.79. The largest absolute Gasteiger partial charge is 0.479 e.